The van der Waals surface area contributed by atoms with E-state index in [9.17, 15) is 5.11 Å². The largest absolute Gasteiger partial charge is 0.396 e. The molecule has 2 saturated carbocycles. The highest BCUT2D eigenvalue weighted by atomic mass is 16.3. The third-order valence-corrected chi connectivity index (χ3v) is 5.08. The van der Waals surface area contributed by atoms with Gasteiger partial charge in [-0.1, -0.05) is 40.0 Å². The van der Waals surface area contributed by atoms with Gasteiger partial charge in [0.1, 0.15) is 0 Å². The first-order chi connectivity index (χ1) is 7.52. The zero-order valence-electron chi connectivity index (χ0n) is 11.2. The Kier molecular flexibility index (Phi) is 3.63. The van der Waals surface area contributed by atoms with Gasteiger partial charge in [-0.2, -0.15) is 0 Å². The van der Waals surface area contributed by atoms with E-state index in [1.54, 1.807) is 0 Å². The smallest absolute Gasteiger partial charge is 0.0482 e. The van der Waals surface area contributed by atoms with Gasteiger partial charge in [-0.3, -0.25) is 0 Å². The van der Waals surface area contributed by atoms with Crippen LogP contribution in [-0.4, -0.2) is 11.7 Å². The van der Waals surface area contributed by atoms with Gasteiger partial charge in [0, 0.05) is 6.61 Å². The molecule has 0 bridgehead atoms. The number of aliphatic hydroxyl groups excluding tert-OH is 1. The van der Waals surface area contributed by atoms with Gasteiger partial charge in [0.05, 0.1) is 0 Å². The summed E-state index contributed by atoms with van der Waals surface area (Å²) in [7, 11) is 0. The van der Waals surface area contributed by atoms with Gasteiger partial charge >= 0.3 is 0 Å². The van der Waals surface area contributed by atoms with E-state index in [2.05, 4.69) is 20.8 Å². The highest BCUT2D eigenvalue weighted by Crippen LogP contribution is 2.50. The molecule has 4 atom stereocenters. The highest BCUT2D eigenvalue weighted by molar-refractivity contribution is 4.90. The summed E-state index contributed by atoms with van der Waals surface area (Å²) in [6, 6.07) is 0. The number of fused-ring (bicyclic) bond motifs is 1. The van der Waals surface area contributed by atoms with Crippen molar-refractivity contribution < 1.29 is 5.11 Å². The SMILES string of the molecule is C[C@@H]1CCCC2C[C@@H](CC(C)(C)CO)CC21. The van der Waals surface area contributed by atoms with E-state index in [0.717, 1.165) is 23.7 Å². The molecule has 2 unspecified atom stereocenters. The molecule has 1 N–H and O–H groups in total. The standard InChI is InChI=1S/C15H28O/c1-11-5-4-6-13-7-12(8-14(11)13)9-15(2,3)10-16/h11-14,16H,4-10H2,1-3H3/t11-,12-,13?,14?/m1/s1. The predicted octanol–water partition coefficient (Wildman–Crippen LogP) is 3.86. The Balaban J connectivity index is 1.91. The van der Waals surface area contributed by atoms with Gasteiger partial charge in [0.25, 0.3) is 0 Å². The van der Waals surface area contributed by atoms with E-state index < -0.39 is 0 Å². The van der Waals surface area contributed by atoms with E-state index in [-0.39, 0.29) is 5.41 Å². The van der Waals surface area contributed by atoms with Crippen molar-refractivity contribution in [1.82, 2.24) is 0 Å². The maximum Gasteiger partial charge on any atom is 0.0482 e. The monoisotopic (exact) mass is 224 g/mol. The third-order valence-electron chi connectivity index (χ3n) is 5.08. The summed E-state index contributed by atoms with van der Waals surface area (Å²) in [5, 5.41) is 9.36. The van der Waals surface area contributed by atoms with Gasteiger partial charge in [-0.05, 0) is 48.3 Å². The van der Waals surface area contributed by atoms with Crippen molar-refractivity contribution in [2.45, 2.75) is 59.3 Å². The van der Waals surface area contributed by atoms with Crippen molar-refractivity contribution in [1.29, 1.82) is 0 Å². The van der Waals surface area contributed by atoms with Crippen LogP contribution in [0.3, 0.4) is 0 Å². The summed E-state index contributed by atoms with van der Waals surface area (Å²) in [5.74, 6) is 3.87. The van der Waals surface area contributed by atoms with Crippen LogP contribution in [0.5, 0.6) is 0 Å². The molecule has 2 rings (SSSR count). The lowest BCUT2D eigenvalue weighted by molar-refractivity contribution is 0.129. The third kappa shape index (κ3) is 2.61. The summed E-state index contributed by atoms with van der Waals surface area (Å²) in [6.45, 7) is 7.21. The molecule has 0 saturated heterocycles. The van der Waals surface area contributed by atoms with Crippen molar-refractivity contribution in [3.63, 3.8) is 0 Å². The lowest BCUT2D eigenvalue weighted by Crippen LogP contribution is -2.21. The van der Waals surface area contributed by atoms with Crippen LogP contribution in [-0.2, 0) is 0 Å². The van der Waals surface area contributed by atoms with E-state index in [0.29, 0.717) is 6.61 Å². The second-order valence-electron chi connectivity index (χ2n) is 7.20. The summed E-state index contributed by atoms with van der Waals surface area (Å²) < 4.78 is 0. The Morgan fingerprint density at radius 1 is 1.19 bits per heavy atom. The predicted molar refractivity (Wildman–Crippen MR) is 68.2 cm³/mol. The molecule has 1 heteroatoms. The van der Waals surface area contributed by atoms with Crippen molar-refractivity contribution in [3.8, 4) is 0 Å². The fraction of sp³-hybridized carbons (Fsp3) is 1.00. The van der Waals surface area contributed by atoms with E-state index >= 15 is 0 Å². The maximum atomic E-state index is 9.36. The molecule has 2 aliphatic rings. The van der Waals surface area contributed by atoms with Gasteiger partial charge in [0.2, 0.25) is 0 Å². The fourth-order valence-electron chi connectivity index (χ4n) is 4.23. The van der Waals surface area contributed by atoms with Crippen molar-refractivity contribution in [3.05, 3.63) is 0 Å². The first-order valence-corrected chi connectivity index (χ1v) is 7.13. The Hall–Kier alpha value is -0.0400. The zero-order chi connectivity index (χ0) is 11.8. The Bertz CT molecular complexity index is 234. The van der Waals surface area contributed by atoms with Gasteiger partial charge in [-0.25, -0.2) is 0 Å². The Labute approximate surface area is 101 Å². The molecule has 16 heavy (non-hydrogen) atoms. The first-order valence-electron chi connectivity index (χ1n) is 7.13. The highest BCUT2D eigenvalue weighted by Gasteiger charge is 2.40. The first kappa shape index (κ1) is 12.4. The topological polar surface area (TPSA) is 20.2 Å². The van der Waals surface area contributed by atoms with Crippen LogP contribution < -0.4 is 0 Å². The molecular formula is C15H28O. The minimum atomic E-state index is 0.140. The summed E-state index contributed by atoms with van der Waals surface area (Å²) in [5.41, 5.74) is 0.140. The molecule has 1 nitrogen and oxygen atoms in total. The lowest BCUT2D eigenvalue weighted by Gasteiger charge is -2.31. The molecule has 2 aliphatic carbocycles. The van der Waals surface area contributed by atoms with Crippen LogP contribution in [0.2, 0.25) is 0 Å². The van der Waals surface area contributed by atoms with E-state index in [1.807, 2.05) is 0 Å². The number of hydrogen-bond donors (Lipinski definition) is 1. The van der Waals surface area contributed by atoms with Gasteiger partial charge in [-0.15, -0.1) is 0 Å². The Morgan fingerprint density at radius 3 is 2.56 bits per heavy atom. The Morgan fingerprint density at radius 2 is 1.94 bits per heavy atom. The van der Waals surface area contributed by atoms with E-state index in [4.69, 9.17) is 0 Å². The molecule has 0 aromatic rings. The van der Waals surface area contributed by atoms with Crippen LogP contribution in [0.4, 0.5) is 0 Å². The van der Waals surface area contributed by atoms with Crippen LogP contribution in [0.1, 0.15) is 59.3 Å². The van der Waals surface area contributed by atoms with E-state index in [1.165, 1.54) is 38.5 Å². The average Bonchev–Trinajstić information content (AvgIpc) is 2.61. The zero-order valence-corrected chi connectivity index (χ0v) is 11.2. The quantitative estimate of drug-likeness (QED) is 0.772. The molecule has 0 spiro atoms. The normalized spacial score (nSPS) is 39.8. The average molecular weight is 224 g/mol. The number of aliphatic hydroxyl groups is 1. The van der Waals surface area contributed by atoms with Crippen molar-refractivity contribution in [2.24, 2.45) is 29.1 Å². The summed E-state index contributed by atoms with van der Waals surface area (Å²) in [4.78, 5) is 0. The molecular weight excluding hydrogens is 196 g/mol. The van der Waals surface area contributed by atoms with Crippen molar-refractivity contribution >= 4 is 0 Å². The second-order valence-corrected chi connectivity index (χ2v) is 7.20. The molecule has 0 radical (unpaired) electrons. The summed E-state index contributed by atoms with van der Waals surface area (Å²) >= 11 is 0. The number of hydrogen-bond acceptors (Lipinski definition) is 1. The van der Waals surface area contributed by atoms with Crippen LogP contribution in [0.15, 0.2) is 0 Å². The molecule has 0 heterocycles. The molecule has 0 aliphatic heterocycles. The summed E-state index contributed by atoms with van der Waals surface area (Å²) in [6.07, 6.45) is 8.50. The van der Waals surface area contributed by atoms with Crippen LogP contribution in [0.25, 0.3) is 0 Å². The van der Waals surface area contributed by atoms with Crippen LogP contribution >= 0.6 is 0 Å². The molecule has 0 aromatic carbocycles. The molecule has 94 valence electrons. The maximum absolute atomic E-state index is 9.36. The van der Waals surface area contributed by atoms with Crippen molar-refractivity contribution in [2.75, 3.05) is 6.61 Å². The lowest BCUT2D eigenvalue weighted by atomic mass is 9.75. The second kappa shape index (κ2) is 4.68. The molecule has 2 fully saturated rings. The molecule has 0 aromatic heterocycles. The minimum Gasteiger partial charge on any atom is -0.396 e. The minimum absolute atomic E-state index is 0.140. The molecule has 0 amide bonds. The van der Waals surface area contributed by atoms with Crippen LogP contribution in [0, 0.1) is 29.1 Å². The fourth-order valence-corrected chi connectivity index (χ4v) is 4.23. The van der Waals surface area contributed by atoms with Gasteiger partial charge < -0.3 is 5.11 Å². The number of rotatable bonds is 3. The van der Waals surface area contributed by atoms with Gasteiger partial charge in [0.15, 0.2) is 0 Å².